The van der Waals surface area contributed by atoms with Gasteiger partial charge >= 0.3 is 0 Å². The zero-order valence-corrected chi connectivity index (χ0v) is 14.0. The zero-order valence-electron chi connectivity index (χ0n) is 14.0. The first-order valence-corrected chi connectivity index (χ1v) is 8.09. The Balaban J connectivity index is 1.79. The summed E-state index contributed by atoms with van der Waals surface area (Å²) in [4.78, 5) is 12.7. The molecule has 0 atom stereocenters. The van der Waals surface area contributed by atoms with E-state index in [9.17, 15) is 14.3 Å². The molecule has 0 fully saturated rings. The Morgan fingerprint density at radius 3 is 2.73 bits per heavy atom. The summed E-state index contributed by atoms with van der Waals surface area (Å²) in [6, 6.07) is 14.3. The van der Waals surface area contributed by atoms with Crippen LogP contribution in [-0.4, -0.2) is 5.11 Å². The molecule has 3 aromatic carbocycles. The number of aryl methyl sites for hydroxylation is 1. The molecule has 1 N–H and O–H groups in total. The van der Waals surface area contributed by atoms with E-state index in [1.54, 1.807) is 30.3 Å². The standard InChI is InChI=1S/C21H15FO4/c1-12-4-2-7-16-20(24)19-17(23)9-15(10-18(19)26-21(12)16)25-11-13-5-3-6-14(22)8-13/h2-10,23H,11H2,1H3. The third-order valence-corrected chi connectivity index (χ3v) is 4.25. The Kier molecular flexibility index (Phi) is 3.84. The molecule has 0 saturated heterocycles. The minimum atomic E-state index is -0.347. The SMILES string of the molecule is Cc1cccc2c(=O)c3c(O)cc(OCc4cccc(F)c4)cc3oc12. The highest BCUT2D eigenvalue weighted by Gasteiger charge is 2.14. The van der Waals surface area contributed by atoms with Gasteiger partial charge < -0.3 is 14.3 Å². The van der Waals surface area contributed by atoms with Crippen molar-refractivity contribution in [2.75, 3.05) is 0 Å². The topological polar surface area (TPSA) is 59.7 Å². The van der Waals surface area contributed by atoms with Crippen LogP contribution in [0.15, 0.2) is 63.8 Å². The number of halogens is 1. The van der Waals surface area contributed by atoms with E-state index in [2.05, 4.69) is 0 Å². The Bertz CT molecular complexity index is 1190. The van der Waals surface area contributed by atoms with Crippen molar-refractivity contribution in [3.63, 3.8) is 0 Å². The Labute approximate surface area is 148 Å². The van der Waals surface area contributed by atoms with Crippen LogP contribution >= 0.6 is 0 Å². The Morgan fingerprint density at radius 2 is 1.92 bits per heavy atom. The number of hydrogen-bond donors (Lipinski definition) is 1. The van der Waals surface area contributed by atoms with Gasteiger partial charge in [0, 0.05) is 12.1 Å². The average Bonchev–Trinajstić information content (AvgIpc) is 2.61. The molecule has 4 rings (SSSR count). The highest BCUT2D eigenvalue weighted by atomic mass is 19.1. The van der Waals surface area contributed by atoms with E-state index in [4.69, 9.17) is 9.15 Å². The van der Waals surface area contributed by atoms with E-state index in [1.807, 2.05) is 13.0 Å². The average molecular weight is 350 g/mol. The van der Waals surface area contributed by atoms with Gasteiger partial charge in [-0.05, 0) is 36.2 Å². The smallest absolute Gasteiger partial charge is 0.204 e. The van der Waals surface area contributed by atoms with Crippen molar-refractivity contribution in [2.45, 2.75) is 13.5 Å². The van der Waals surface area contributed by atoms with Crippen molar-refractivity contribution in [3.8, 4) is 11.5 Å². The van der Waals surface area contributed by atoms with Crippen molar-refractivity contribution in [3.05, 3.63) is 81.8 Å². The molecule has 1 aromatic heterocycles. The fourth-order valence-corrected chi connectivity index (χ4v) is 2.97. The monoisotopic (exact) mass is 350 g/mol. The first-order chi connectivity index (χ1) is 12.5. The van der Waals surface area contributed by atoms with Gasteiger partial charge in [0.2, 0.25) is 5.43 Å². The van der Waals surface area contributed by atoms with Gasteiger partial charge in [0.25, 0.3) is 0 Å². The summed E-state index contributed by atoms with van der Waals surface area (Å²) in [5, 5.41) is 10.8. The maximum absolute atomic E-state index is 13.3. The Morgan fingerprint density at radius 1 is 1.12 bits per heavy atom. The van der Waals surface area contributed by atoms with E-state index >= 15 is 0 Å². The minimum absolute atomic E-state index is 0.112. The predicted molar refractivity (Wildman–Crippen MR) is 97.1 cm³/mol. The van der Waals surface area contributed by atoms with E-state index in [0.717, 1.165) is 5.56 Å². The highest BCUT2D eigenvalue weighted by molar-refractivity contribution is 5.94. The molecule has 0 radical (unpaired) electrons. The second-order valence-electron chi connectivity index (χ2n) is 6.12. The Hall–Kier alpha value is -3.34. The summed E-state index contributed by atoms with van der Waals surface area (Å²) >= 11 is 0. The lowest BCUT2D eigenvalue weighted by molar-refractivity contribution is 0.304. The predicted octanol–water partition coefficient (Wildman–Crippen LogP) is 4.68. The van der Waals surface area contributed by atoms with Crippen LogP contribution in [0.1, 0.15) is 11.1 Å². The number of rotatable bonds is 3. The van der Waals surface area contributed by atoms with Gasteiger partial charge in [0.05, 0.1) is 5.39 Å². The van der Waals surface area contributed by atoms with Crippen molar-refractivity contribution >= 4 is 21.9 Å². The number of fused-ring (bicyclic) bond motifs is 2. The molecule has 0 unspecified atom stereocenters. The molecule has 0 bridgehead atoms. The van der Waals surface area contributed by atoms with Crippen molar-refractivity contribution in [1.29, 1.82) is 0 Å². The largest absolute Gasteiger partial charge is 0.507 e. The number of ether oxygens (including phenoxy) is 1. The van der Waals surface area contributed by atoms with Gasteiger partial charge in [-0.15, -0.1) is 0 Å². The van der Waals surface area contributed by atoms with Gasteiger partial charge in [-0.3, -0.25) is 4.79 Å². The van der Waals surface area contributed by atoms with Crippen LogP contribution in [0.5, 0.6) is 11.5 Å². The summed E-state index contributed by atoms with van der Waals surface area (Å²) in [5.74, 6) is -0.232. The van der Waals surface area contributed by atoms with Gasteiger partial charge in [-0.25, -0.2) is 4.39 Å². The molecule has 4 aromatic rings. The third kappa shape index (κ3) is 2.77. The van der Waals surface area contributed by atoms with E-state index in [-0.39, 0.29) is 34.6 Å². The zero-order chi connectivity index (χ0) is 18.3. The number of hydrogen-bond acceptors (Lipinski definition) is 4. The summed E-state index contributed by atoms with van der Waals surface area (Å²) in [6.45, 7) is 1.97. The van der Waals surface area contributed by atoms with E-state index in [0.29, 0.717) is 22.3 Å². The molecule has 0 aliphatic rings. The van der Waals surface area contributed by atoms with E-state index < -0.39 is 0 Å². The lowest BCUT2D eigenvalue weighted by Crippen LogP contribution is -2.04. The van der Waals surface area contributed by atoms with Gasteiger partial charge in [0.15, 0.2) is 0 Å². The van der Waals surface area contributed by atoms with Gasteiger partial charge in [-0.2, -0.15) is 0 Å². The molecule has 0 aliphatic carbocycles. The molecule has 0 amide bonds. The van der Waals surface area contributed by atoms with Crippen molar-refractivity contribution in [2.24, 2.45) is 0 Å². The van der Waals surface area contributed by atoms with Crippen LogP contribution in [0.2, 0.25) is 0 Å². The quantitative estimate of drug-likeness (QED) is 0.545. The summed E-state index contributed by atoms with van der Waals surface area (Å²) in [6.07, 6.45) is 0. The maximum atomic E-state index is 13.3. The molecule has 5 heteroatoms. The first kappa shape index (κ1) is 16.1. The molecule has 0 aliphatic heterocycles. The third-order valence-electron chi connectivity index (χ3n) is 4.25. The fourth-order valence-electron chi connectivity index (χ4n) is 2.97. The van der Waals surface area contributed by atoms with E-state index in [1.165, 1.54) is 18.2 Å². The number of para-hydroxylation sites is 1. The van der Waals surface area contributed by atoms with Gasteiger partial charge in [0.1, 0.15) is 40.5 Å². The van der Waals surface area contributed by atoms with Crippen LogP contribution in [0.3, 0.4) is 0 Å². The summed E-state index contributed by atoms with van der Waals surface area (Å²) in [7, 11) is 0. The summed E-state index contributed by atoms with van der Waals surface area (Å²) in [5.41, 5.74) is 1.91. The minimum Gasteiger partial charge on any atom is -0.507 e. The molecular formula is C21H15FO4. The number of phenols is 1. The molecule has 4 nitrogen and oxygen atoms in total. The fraction of sp³-hybridized carbons (Fsp3) is 0.0952. The molecule has 130 valence electrons. The summed E-state index contributed by atoms with van der Waals surface area (Å²) < 4.78 is 24.7. The van der Waals surface area contributed by atoms with Crippen LogP contribution in [-0.2, 0) is 6.61 Å². The molecule has 26 heavy (non-hydrogen) atoms. The first-order valence-electron chi connectivity index (χ1n) is 8.09. The van der Waals surface area contributed by atoms with Crippen molar-refractivity contribution < 1.29 is 18.7 Å². The molecule has 1 heterocycles. The molecular weight excluding hydrogens is 335 g/mol. The number of aromatic hydroxyl groups is 1. The van der Waals surface area contributed by atoms with Gasteiger partial charge in [-0.1, -0.05) is 24.3 Å². The maximum Gasteiger partial charge on any atom is 0.204 e. The van der Waals surface area contributed by atoms with Crippen LogP contribution in [0.25, 0.3) is 21.9 Å². The highest BCUT2D eigenvalue weighted by Crippen LogP contribution is 2.31. The number of phenolic OH excluding ortho intramolecular Hbond substituents is 1. The second-order valence-corrected chi connectivity index (χ2v) is 6.12. The van der Waals surface area contributed by atoms with Crippen LogP contribution < -0.4 is 10.2 Å². The van der Waals surface area contributed by atoms with Crippen molar-refractivity contribution in [1.82, 2.24) is 0 Å². The lowest BCUT2D eigenvalue weighted by atomic mass is 10.1. The normalized spacial score (nSPS) is 11.2. The number of benzene rings is 3. The second kappa shape index (κ2) is 6.19. The van der Waals surface area contributed by atoms with Crippen LogP contribution in [0, 0.1) is 12.7 Å². The van der Waals surface area contributed by atoms with Crippen LogP contribution in [0.4, 0.5) is 4.39 Å². The molecule has 0 saturated carbocycles. The molecule has 0 spiro atoms. The lowest BCUT2D eigenvalue weighted by Gasteiger charge is -2.10.